The molecule has 0 aromatic carbocycles. The Kier molecular flexibility index (Phi) is 4.81. The van der Waals surface area contributed by atoms with E-state index in [1.165, 1.54) is 0 Å². The quantitative estimate of drug-likeness (QED) is 0.553. The minimum Gasteiger partial charge on any atom is -0.466 e. The number of rotatable bonds is 4. The Morgan fingerprint density at radius 1 is 1.73 bits per heavy atom. The zero-order chi connectivity index (χ0) is 8.85. The molecule has 0 rings (SSSR count). The molecule has 11 heavy (non-hydrogen) atoms. The minimum atomic E-state index is -0.797. The van der Waals surface area contributed by atoms with Crippen molar-refractivity contribution < 1.29 is 14.6 Å². The normalized spacial score (nSPS) is 15.6. The molecule has 2 atom stereocenters. The van der Waals surface area contributed by atoms with Crippen LogP contribution in [0.15, 0.2) is 0 Å². The highest BCUT2D eigenvalue weighted by Gasteiger charge is 2.14. The van der Waals surface area contributed by atoms with Crippen molar-refractivity contribution in [1.29, 1.82) is 0 Å². The summed E-state index contributed by atoms with van der Waals surface area (Å²) in [6.45, 7) is 3.70. The van der Waals surface area contributed by atoms with Gasteiger partial charge in [-0.3, -0.25) is 4.79 Å². The second-order valence-corrected chi connectivity index (χ2v) is 2.44. The summed E-state index contributed by atoms with van der Waals surface area (Å²) in [5.74, 6) is -0.405. The first-order valence-corrected chi connectivity index (χ1v) is 3.67. The summed E-state index contributed by atoms with van der Waals surface area (Å²) in [6.07, 6.45) is -0.819. The fourth-order valence-corrected chi connectivity index (χ4v) is 0.577. The highest BCUT2D eigenvalue weighted by molar-refractivity contribution is 5.69. The van der Waals surface area contributed by atoms with Gasteiger partial charge in [0.15, 0.2) is 0 Å². The number of nitrogens with two attached hydrogens (primary N) is 1. The number of ether oxygens (including phenoxy) is 1. The Hall–Kier alpha value is -0.610. The van der Waals surface area contributed by atoms with Crippen LogP contribution in [-0.2, 0) is 9.53 Å². The van der Waals surface area contributed by atoms with Gasteiger partial charge in [0.25, 0.3) is 0 Å². The van der Waals surface area contributed by atoms with Gasteiger partial charge in [-0.25, -0.2) is 0 Å². The molecule has 0 spiro atoms. The maximum Gasteiger partial charge on any atom is 0.308 e. The second-order valence-electron chi connectivity index (χ2n) is 2.44. The van der Waals surface area contributed by atoms with Crippen LogP contribution in [0.25, 0.3) is 0 Å². The number of hydrogen-bond acceptors (Lipinski definition) is 4. The molecule has 0 aromatic rings. The number of esters is 1. The molecule has 0 heterocycles. The molecule has 4 heteroatoms. The van der Waals surface area contributed by atoms with Crippen LogP contribution in [0, 0.1) is 0 Å². The predicted molar refractivity (Wildman–Crippen MR) is 40.9 cm³/mol. The fourth-order valence-electron chi connectivity index (χ4n) is 0.577. The number of aliphatic hydroxyl groups is 1. The summed E-state index contributed by atoms with van der Waals surface area (Å²) in [6, 6.07) is -0.389. The van der Waals surface area contributed by atoms with E-state index in [9.17, 15) is 4.79 Å². The highest BCUT2D eigenvalue weighted by atomic mass is 16.5. The number of aliphatic hydroxyl groups excluding tert-OH is 1. The van der Waals surface area contributed by atoms with Crippen molar-refractivity contribution in [1.82, 2.24) is 0 Å². The summed E-state index contributed by atoms with van der Waals surface area (Å²) < 4.78 is 4.61. The summed E-state index contributed by atoms with van der Waals surface area (Å²) >= 11 is 0. The minimum absolute atomic E-state index is 0.0223. The molecule has 0 aliphatic rings. The lowest BCUT2D eigenvalue weighted by Gasteiger charge is -2.12. The van der Waals surface area contributed by atoms with Gasteiger partial charge in [0.2, 0.25) is 0 Å². The predicted octanol–water partition coefficient (Wildman–Crippen LogP) is -0.352. The van der Waals surface area contributed by atoms with Crippen LogP contribution >= 0.6 is 0 Å². The van der Waals surface area contributed by atoms with Gasteiger partial charge in [0.1, 0.15) is 0 Å². The highest BCUT2D eigenvalue weighted by Crippen LogP contribution is 1.97. The Bertz CT molecular complexity index is 125. The number of carbonyl (C=O) groups excluding carboxylic acids is 1. The van der Waals surface area contributed by atoms with E-state index in [0.717, 1.165) is 0 Å². The van der Waals surface area contributed by atoms with Gasteiger partial charge >= 0.3 is 5.97 Å². The Labute approximate surface area is 66.3 Å². The SMILES string of the molecule is CCOC(=O)CC(O)[C@@H](C)N. The molecule has 0 bridgehead atoms. The first-order chi connectivity index (χ1) is 5.07. The van der Waals surface area contributed by atoms with Gasteiger partial charge in [-0.2, -0.15) is 0 Å². The Morgan fingerprint density at radius 3 is 2.64 bits per heavy atom. The lowest BCUT2D eigenvalue weighted by molar-refractivity contribution is -0.145. The van der Waals surface area contributed by atoms with E-state index in [1.807, 2.05) is 0 Å². The molecule has 4 nitrogen and oxygen atoms in total. The van der Waals surface area contributed by atoms with Crippen LogP contribution < -0.4 is 5.73 Å². The molecule has 0 radical (unpaired) electrons. The van der Waals surface area contributed by atoms with Gasteiger partial charge in [-0.1, -0.05) is 0 Å². The van der Waals surface area contributed by atoms with E-state index in [-0.39, 0.29) is 12.5 Å². The molecule has 66 valence electrons. The standard InChI is InChI=1S/C7H15NO3/c1-3-11-7(10)4-6(9)5(2)8/h5-6,9H,3-4,8H2,1-2H3/t5-,6?/m1/s1. The summed E-state index contributed by atoms with van der Waals surface area (Å²) in [4.78, 5) is 10.7. The summed E-state index contributed by atoms with van der Waals surface area (Å²) in [5, 5.41) is 9.10. The number of hydrogen-bond donors (Lipinski definition) is 2. The van der Waals surface area contributed by atoms with E-state index in [2.05, 4.69) is 4.74 Å². The zero-order valence-corrected chi connectivity index (χ0v) is 6.91. The lowest BCUT2D eigenvalue weighted by Crippen LogP contribution is -2.33. The average molecular weight is 161 g/mol. The molecule has 0 aliphatic heterocycles. The van der Waals surface area contributed by atoms with Crippen molar-refractivity contribution in [2.24, 2.45) is 5.73 Å². The van der Waals surface area contributed by atoms with Gasteiger partial charge < -0.3 is 15.6 Å². The zero-order valence-electron chi connectivity index (χ0n) is 6.91. The third-order valence-electron chi connectivity index (χ3n) is 1.29. The molecule has 1 unspecified atom stereocenters. The van der Waals surface area contributed by atoms with Gasteiger partial charge in [-0.05, 0) is 13.8 Å². The third-order valence-corrected chi connectivity index (χ3v) is 1.29. The molecule has 0 aliphatic carbocycles. The van der Waals surface area contributed by atoms with Crippen molar-refractivity contribution in [3.05, 3.63) is 0 Å². The second kappa shape index (κ2) is 5.09. The largest absolute Gasteiger partial charge is 0.466 e. The van der Waals surface area contributed by atoms with Crippen LogP contribution in [-0.4, -0.2) is 29.8 Å². The van der Waals surface area contributed by atoms with E-state index >= 15 is 0 Å². The molecule has 0 saturated carbocycles. The van der Waals surface area contributed by atoms with Crippen molar-refractivity contribution in [3.63, 3.8) is 0 Å². The topological polar surface area (TPSA) is 72.5 Å². The maximum absolute atomic E-state index is 10.7. The lowest BCUT2D eigenvalue weighted by atomic mass is 10.1. The van der Waals surface area contributed by atoms with Crippen molar-refractivity contribution in [3.8, 4) is 0 Å². The first kappa shape index (κ1) is 10.4. The van der Waals surface area contributed by atoms with Crippen LogP contribution in [0.4, 0.5) is 0 Å². The van der Waals surface area contributed by atoms with E-state index < -0.39 is 12.1 Å². The van der Waals surface area contributed by atoms with Crippen molar-refractivity contribution >= 4 is 5.97 Å². The van der Waals surface area contributed by atoms with E-state index in [0.29, 0.717) is 6.61 Å². The van der Waals surface area contributed by atoms with Gasteiger partial charge in [-0.15, -0.1) is 0 Å². The first-order valence-electron chi connectivity index (χ1n) is 3.67. The molecule has 0 saturated heterocycles. The van der Waals surface area contributed by atoms with Gasteiger partial charge in [0, 0.05) is 6.04 Å². The fraction of sp³-hybridized carbons (Fsp3) is 0.857. The van der Waals surface area contributed by atoms with E-state index in [4.69, 9.17) is 10.8 Å². The van der Waals surface area contributed by atoms with E-state index in [1.54, 1.807) is 13.8 Å². The molecular formula is C7H15NO3. The van der Waals surface area contributed by atoms with Crippen LogP contribution in [0.3, 0.4) is 0 Å². The molecule has 3 N–H and O–H groups in total. The smallest absolute Gasteiger partial charge is 0.308 e. The Morgan fingerprint density at radius 2 is 2.27 bits per heavy atom. The average Bonchev–Trinajstić information content (AvgIpc) is 1.87. The number of carbonyl (C=O) groups is 1. The van der Waals surface area contributed by atoms with Crippen molar-refractivity contribution in [2.45, 2.75) is 32.4 Å². The molecular weight excluding hydrogens is 146 g/mol. The monoisotopic (exact) mass is 161 g/mol. The van der Waals surface area contributed by atoms with Crippen molar-refractivity contribution in [2.75, 3.05) is 6.61 Å². The van der Waals surface area contributed by atoms with Gasteiger partial charge in [0.05, 0.1) is 19.1 Å². The summed E-state index contributed by atoms with van der Waals surface area (Å²) in [7, 11) is 0. The third kappa shape index (κ3) is 4.75. The molecule has 0 aromatic heterocycles. The molecule has 0 fully saturated rings. The summed E-state index contributed by atoms with van der Waals surface area (Å²) in [5.41, 5.74) is 5.32. The van der Waals surface area contributed by atoms with Crippen LogP contribution in [0.5, 0.6) is 0 Å². The molecule has 0 amide bonds. The maximum atomic E-state index is 10.7. The van der Waals surface area contributed by atoms with Crippen LogP contribution in [0.2, 0.25) is 0 Å². The Balaban J connectivity index is 3.57. The van der Waals surface area contributed by atoms with Crippen LogP contribution in [0.1, 0.15) is 20.3 Å².